The number of nitrogens with one attached hydrogen (secondary N) is 3. The predicted octanol–water partition coefficient (Wildman–Crippen LogP) is 0.181. The molecule has 6 nitrogen and oxygen atoms in total. The third-order valence-electron chi connectivity index (χ3n) is 2.69. The Hall–Kier alpha value is -2.24. The van der Waals surface area contributed by atoms with Crippen LogP contribution >= 0.6 is 0 Å². The molecule has 0 bridgehead atoms. The van der Waals surface area contributed by atoms with Gasteiger partial charge in [-0.2, -0.15) is 0 Å². The highest BCUT2D eigenvalue weighted by atomic mass is 16.2. The van der Waals surface area contributed by atoms with Gasteiger partial charge in [-0.25, -0.2) is 9.59 Å². The zero-order valence-electron chi connectivity index (χ0n) is 8.31. The summed E-state index contributed by atoms with van der Waals surface area (Å²) in [6.45, 7) is 0. The predicted molar refractivity (Wildman–Crippen MR) is 56.7 cm³/mol. The normalized spacial score (nSPS) is 27.1. The second-order valence-electron chi connectivity index (χ2n) is 3.70. The van der Waals surface area contributed by atoms with E-state index in [4.69, 9.17) is 0 Å². The molecule has 3 N–H and O–H groups in total. The van der Waals surface area contributed by atoms with Gasteiger partial charge < -0.3 is 16.0 Å². The van der Waals surface area contributed by atoms with Gasteiger partial charge >= 0.3 is 12.1 Å². The number of carbonyl (C=O) groups is 2. The molecule has 2 fully saturated rings. The van der Waals surface area contributed by atoms with Crippen molar-refractivity contribution in [3.05, 3.63) is 30.3 Å². The Morgan fingerprint density at radius 2 is 1.75 bits per heavy atom. The van der Waals surface area contributed by atoms with Gasteiger partial charge in [0.2, 0.25) is 0 Å². The van der Waals surface area contributed by atoms with Gasteiger partial charge in [-0.05, 0) is 12.1 Å². The molecule has 4 amide bonds. The minimum Gasteiger partial charge on any atom is -0.314 e. The van der Waals surface area contributed by atoms with Gasteiger partial charge in [0, 0.05) is 5.69 Å². The number of fused-ring (bicyclic) bond motifs is 1. The molecule has 16 heavy (non-hydrogen) atoms. The van der Waals surface area contributed by atoms with E-state index in [2.05, 4.69) is 16.0 Å². The van der Waals surface area contributed by atoms with Crippen molar-refractivity contribution in [2.75, 3.05) is 4.90 Å². The van der Waals surface area contributed by atoms with Crippen LogP contribution in [0.2, 0.25) is 0 Å². The van der Waals surface area contributed by atoms with Crippen LogP contribution in [0.3, 0.4) is 0 Å². The van der Waals surface area contributed by atoms with Gasteiger partial charge in [-0.15, -0.1) is 0 Å². The molecule has 2 aliphatic heterocycles. The van der Waals surface area contributed by atoms with E-state index in [1.165, 1.54) is 4.90 Å². The quantitative estimate of drug-likeness (QED) is 0.629. The van der Waals surface area contributed by atoms with Crippen LogP contribution in [0, 0.1) is 0 Å². The Morgan fingerprint density at radius 1 is 1.00 bits per heavy atom. The molecule has 2 unspecified atom stereocenters. The van der Waals surface area contributed by atoms with E-state index in [1.54, 1.807) is 0 Å². The highest BCUT2D eigenvalue weighted by Crippen LogP contribution is 2.22. The monoisotopic (exact) mass is 218 g/mol. The third kappa shape index (κ3) is 1.19. The number of anilines is 1. The van der Waals surface area contributed by atoms with Crippen molar-refractivity contribution >= 4 is 17.7 Å². The molecule has 0 radical (unpaired) electrons. The number of para-hydroxylation sites is 1. The second kappa shape index (κ2) is 3.13. The molecule has 3 rings (SSSR count). The Balaban J connectivity index is 1.95. The number of rotatable bonds is 1. The minimum absolute atomic E-state index is 0.214. The van der Waals surface area contributed by atoms with Crippen molar-refractivity contribution in [1.29, 1.82) is 0 Å². The summed E-state index contributed by atoms with van der Waals surface area (Å²) in [5.41, 5.74) is 0.761. The Morgan fingerprint density at radius 3 is 2.50 bits per heavy atom. The molecule has 2 atom stereocenters. The van der Waals surface area contributed by atoms with E-state index < -0.39 is 0 Å². The van der Waals surface area contributed by atoms with Crippen LogP contribution < -0.4 is 20.9 Å². The summed E-state index contributed by atoms with van der Waals surface area (Å²) in [5.74, 6) is 0. The standard InChI is InChI=1S/C10H10N4O2/c15-9-11-7-8(13-9)14(10(16)12-7)6-4-2-1-3-5-6/h1-5,7-8H,(H,12,16)(H2,11,13,15). The summed E-state index contributed by atoms with van der Waals surface area (Å²) in [7, 11) is 0. The number of nitrogens with zero attached hydrogens (tertiary/aromatic N) is 1. The SMILES string of the molecule is O=C1NC2NC(=O)N(c3ccccc3)C2N1. The van der Waals surface area contributed by atoms with E-state index in [-0.39, 0.29) is 24.4 Å². The van der Waals surface area contributed by atoms with E-state index in [0.29, 0.717) is 0 Å². The van der Waals surface area contributed by atoms with Crippen LogP contribution in [0.25, 0.3) is 0 Å². The molecule has 6 heteroatoms. The van der Waals surface area contributed by atoms with Crippen molar-refractivity contribution in [2.45, 2.75) is 12.3 Å². The summed E-state index contributed by atoms with van der Waals surface area (Å²) < 4.78 is 0. The number of benzene rings is 1. The summed E-state index contributed by atoms with van der Waals surface area (Å²) in [4.78, 5) is 24.4. The Bertz CT molecular complexity index is 447. The van der Waals surface area contributed by atoms with Gasteiger partial charge in [-0.3, -0.25) is 4.90 Å². The van der Waals surface area contributed by atoms with E-state index in [0.717, 1.165) is 5.69 Å². The molecule has 2 saturated heterocycles. The van der Waals surface area contributed by atoms with Gasteiger partial charge in [0.05, 0.1) is 0 Å². The fourth-order valence-electron chi connectivity index (χ4n) is 2.00. The van der Waals surface area contributed by atoms with Crippen molar-refractivity contribution in [3.8, 4) is 0 Å². The molecule has 1 aromatic rings. The van der Waals surface area contributed by atoms with Crippen LogP contribution in [0.15, 0.2) is 30.3 Å². The maximum atomic E-state index is 11.7. The first kappa shape index (κ1) is 9.02. The summed E-state index contributed by atoms with van der Waals surface area (Å²) in [5, 5.41) is 8.00. The van der Waals surface area contributed by atoms with Gasteiger partial charge in [0.1, 0.15) is 6.17 Å². The number of carbonyl (C=O) groups excluding carboxylic acids is 2. The van der Waals surface area contributed by atoms with Crippen LogP contribution in [0.4, 0.5) is 15.3 Å². The number of urea groups is 2. The molecule has 1 aromatic carbocycles. The first-order valence-corrected chi connectivity index (χ1v) is 4.97. The molecule has 0 aliphatic carbocycles. The molecular weight excluding hydrogens is 208 g/mol. The summed E-state index contributed by atoms with van der Waals surface area (Å²) >= 11 is 0. The lowest BCUT2D eigenvalue weighted by Crippen LogP contribution is -2.43. The molecule has 0 aromatic heterocycles. The van der Waals surface area contributed by atoms with Gasteiger partial charge in [0.15, 0.2) is 6.17 Å². The fourth-order valence-corrected chi connectivity index (χ4v) is 2.00. The van der Waals surface area contributed by atoms with Crippen LogP contribution in [-0.4, -0.2) is 24.4 Å². The molecular formula is C10H10N4O2. The van der Waals surface area contributed by atoms with Crippen molar-refractivity contribution < 1.29 is 9.59 Å². The van der Waals surface area contributed by atoms with Crippen LogP contribution in [0.1, 0.15) is 0 Å². The third-order valence-corrected chi connectivity index (χ3v) is 2.69. The molecule has 2 heterocycles. The van der Waals surface area contributed by atoms with Gasteiger partial charge in [-0.1, -0.05) is 18.2 Å². The highest BCUT2D eigenvalue weighted by molar-refractivity contribution is 5.98. The van der Waals surface area contributed by atoms with Gasteiger partial charge in [0.25, 0.3) is 0 Å². The number of hydrogen-bond acceptors (Lipinski definition) is 2. The van der Waals surface area contributed by atoms with Crippen molar-refractivity contribution in [3.63, 3.8) is 0 Å². The summed E-state index contributed by atoms with van der Waals surface area (Å²) in [6, 6.07) is 8.74. The Kier molecular flexibility index (Phi) is 1.76. The van der Waals surface area contributed by atoms with Crippen LogP contribution in [0.5, 0.6) is 0 Å². The van der Waals surface area contributed by atoms with E-state index in [1.807, 2.05) is 30.3 Å². The van der Waals surface area contributed by atoms with Crippen molar-refractivity contribution in [2.24, 2.45) is 0 Å². The lowest BCUT2D eigenvalue weighted by atomic mass is 10.3. The van der Waals surface area contributed by atoms with E-state index in [9.17, 15) is 9.59 Å². The second-order valence-corrected chi connectivity index (χ2v) is 3.70. The van der Waals surface area contributed by atoms with E-state index >= 15 is 0 Å². The number of hydrogen-bond donors (Lipinski definition) is 3. The zero-order valence-corrected chi connectivity index (χ0v) is 8.31. The zero-order chi connectivity index (χ0) is 11.1. The maximum Gasteiger partial charge on any atom is 0.325 e. The molecule has 82 valence electrons. The van der Waals surface area contributed by atoms with Crippen LogP contribution in [-0.2, 0) is 0 Å². The average Bonchev–Trinajstić information content (AvgIpc) is 2.74. The maximum absolute atomic E-state index is 11.7. The smallest absolute Gasteiger partial charge is 0.314 e. The largest absolute Gasteiger partial charge is 0.325 e. The van der Waals surface area contributed by atoms with Crippen molar-refractivity contribution in [1.82, 2.24) is 16.0 Å². The highest BCUT2D eigenvalue weighted by Gasteiger charge is 2.46. The molecule has 0 saturated carbocycles. The summed E-state index contributed by atoms with van der Waals surface area (Å²) in [6.07, 6.45) is -0.720. The lowest BCUT2D eigenvalue weighted by molar-refractivity contribution is 0.242. The minimum atomic E-state index is -0.361. The molecule has 2 aliphatic rings. The first-order valence-electron chi connectivity index (χ1n) is 4.97. The lowest BCUT2D eigenvalue weighted by Gasteiger charge is -2.20. The number of amides is 4. The average molecular weight is 218 g/mol. The first-order chi connectivity index (χ1) is 7.75. The topological polar surface area (TPSA) is 73.5 Å². The fraction of sp³-hybridized carbons (Fsp3) is 0.200. The molecule has 0 spiro atoms. The Labute approximate surface area is 91.6 Å².